The summed E-state index contributed by atoms with van der Waals surface area (Å²) in [7, 11) is 0. The van der Waals surface area contributed by atoms with Gasteiger partial charge < -0.3 is 16.0 Å². The molecule has 1 aliphatic carbocycles. The van der Waals surface area contributed by atoms with Crippen molar-refractivity contribution in [3.05, 3.63) is 47.7 Å². The van der Waals surface area contributed by atoms with Crippen molar-refractivity contribution >= 4 is 40.7 Å². The van der Waals surface area contributed by atoms with E-state index in [0.29, 0.717) is 11.4 Å². The monoisotopic (exact) mass is 397 g/mol. The molecule has 1 aromatic rings. The SMILES string of the molecule is CC(C)C(=O)Nc1cc(NC(=O)C(C)C)cc(C(=O)NC2=CC(=O)C=CC2=O)c1. The Morgan fingerprint density at radius 2 is 1.28 bits per heavy atom. The summed E-state index contributed by atoms with van der Waals surface area (Å²) in [5.41, 5.74) is 0.582. The fraction of sp³-hybridized carbons (Fsp3) is 0.286. The van der Waals surface area contributed by atoms with Crippen molar-refractivity contribution in [1.29, 1.82) is 0 Å². The Morgan fingerprint density at radius 1 is 0.759 bits per heavy atom. The topological polar surface area (TPSA) is 121 Å². The molecule has 0 saturated heterocycles. The first-order valence-electron chi connectivity index (χ1n) is 9.13. The van der Waals surface area contributed by atoms with E-state index in [-0.39, 0.29) is 34.9 Å². The number of rotatable bonds is 6. The van der Waals surface area contributed by atoms with E-state index < -0.39 is 17.5 Å². The van der Waals surface area contributed by atoms with Crippen LogP contribution >= 0.6 is 0 Å². The summed E-state index contributed by atoms with van der Waals surface area (Å²) < 4.78 is 0. The van der Waals surface area contributed by atoms with E-state index in [1.807, 2.05) is 0 Å². The zero-order valence-corrected chi connectivity index (χ0v) is 16.7. The van der Waals surface area contributed by atoms with E-state index in [1.54, 1.807) is 27.7 Å². The van der Waals surface area contributed by atoms with Gasteiger partial charge in [-0.2, -0.15) is 0 Å². The van der Waals surface area contributed by atoms with E-state index in [2.05, 4.69) is 16.0 Å². The van der Waals surface area contributed by atoms with Crippen LogP contribution in [0.5, 0.6) is 0 Å². The van der Waals surface area contributed by atoms with Gasteiger partial charge in [0.15, 0.2) is 5.78 Å². The second kappa shape index (κ2) is 9.09. The van der Waals surface area contributed by atoms with Crippen molar-refractivity contribution in [2.24, 2.45) is 11.8 Å². The molecule has 0 aromatic heterocycles. The molecular weight excluding hydrogens is 374 g/mol. The zero-order valence-electron chi connectivity index (χ0n) is 16.7. The molecule has 29 heavy (non-hydrogen) atoms. The van der Waals surface area contributed by atoms with Gasteiger partial charge in [-0.3, -0.25) is 24.0 Å². The molecular formula is C21H23N3O5. The maximum Gasteiger partial charge on any atom is 0.255 e. The number of nitrogens with one attached hydrogen (secondary N) is 3. The highest BCUT2D eigenvalue weighted by Gasteiger charge is 2.19. The number of carbonyl (C=O) groups excluding carboxylic acids is 5. The summed E-state index contributed by atoms with van der Waals surface area (Å²) in [5.74, 6) is -2.67. The Kier molecular flexibility index (Phi) is 6.82. The molecule has 3 N–H and O–H groups in total. The van der Waals surface area contributed by atoms with E-state index in [1.165, 1.54) is 18.2 Å². The Balaban J connectivity index is 2.34. The van der Waals surface area contributed by atoms with Crippen LogP contribution in [0.2, 0.25) is 0 Å². The molecule has 0 saturated carbocycles. The molecule has 8 nitrogen and oxygen atoms in total. The summed E-state index contributed by atoms with van der Waals surface area (Å²) in [6.45, 7) is 6.89. The quantitative estimate of drug-likeness (QED) is 0.636. The van der Waals surface area contributed by atoms with Gasteiger partial charge in [-0.05, 0) is 30.4 Å². The normalized spacial score (nSPS) is 13.4. The van der Waals surface area contributed by atoms with Crippen molar-refractivity contribution in [3.8, 4) is 0 Å². The van der Waals surface area contributed by atoms with Gasteiger partial charge in [-0.15, -0.1) is 0 Å². The number of allylic oxidation sites excluding steroid dienone is 3. The maximum atomic E-state index is 12.6. The van der Waals surface area contributed by atoms with Crippen LogP contribution in [-0.4, -0.2) is 29.3 Å². The van der Waals surface area contributed by atoms with Crippen molar-refractivity contribution < 1.29 is 24.0 Å². The van der Waals surface area contributed by atoms with Gasteiger partial charge in [0.05, 0.1) is 5.70 Å². The minimum Gasteiger partial charge on any atom is -0.326 e. The molecule has 152 valence electrons. The van der Waals surface area contributed by atoms with Gasteiger partial charge in [0.1, 0.15) is 0 Å². The Morgan fingerprint density at radius 3 is 1.76 bits per heavy atom. The van der Waals surface area contributed by atoms with Gasteiger partial charge >= 0.3 is 0 Å². The number of benzene rings is 1. The molecule has 0 spiro atoms. The number of hydrogen-bond donors (Lipinski definition) is 3. The van der Waals surface area contributed by atoms with Crippen LogP contribution in [0.15, 0.2) is 42.1 Å². The minimum atomic E-state index is -0.659. The lowest BCUT2D eigenvalue weighted by Crippen LogP contribution is -2.29. The predicted molar refractivity (Wildman–Crippen MR) is 108 cm³/mol. The standard InChI is InChI=1S/C21H23N3O5/c1-11(2)19(27)22-14-7-13(8-15(9-14)23-20(28)12(3)4)21(29)24-17-10-16(25)5-6-18(17)26/h5-12H,1-4H3,(H,22,27)(H,23,28)(H,24,29). The smallest absolute Gasteiger partial charge is 0.255 e. The summed E-state index contributed by atoms with van der Waals surface area (Å²) in [6.07, 6.45) is 3.22. The third kappa shape index (κ3) is 5.97. The van der Waals surface area contributed by atoms with Crippen molar-refractivity contribution in [1.82, 2.24) is 5.32 Å². The van der Waals surface area contributed by atoms with Crippen LogP contribution in [0.4, 0.5) is 11.4 Å². The highest BCUT2D eigenvalue weighted by molar-refractivity contribution is 6.19. The molecule has 1 aliphatic rings. The molecule has 3 amide bonds. The third-order valence-corrected chi connectivity index (χ3v) is 3.98. The van der Waals surface area contributed by atoms with E-state index in [4.69, 9.17) is 0 Å². The zero-order chi connectivity index (χ0) is 21.7. The summed E-state index contributed by atoms with van der Waals surface area (Å²) in [6, 6.07) is 4.38. The van der Waals surface area contributed by atoms with Gasteiger partial charge in [-0.25, -0.2) is 0 Å². The average molecular weight is 397 g/mol. The Hall–Kier alpha value is -3.55. The van der Waals surface area contributed by atoms with Gasteiger partial charge in [0.25, 0.3) is 5.91 Å². The minimum absolute atomic E-state index is 0.0984. The van der Waals surface area contributed by atoms with Crippen LogP contribution < -0.4 is 16.0 Å². The number of hydrogen-bond acceptors (Lipinski definition) is 5. The Labute approximate surface area is 168 Å². The van der Waals surface area contributed by atoms with Crippen LogP contribution in [-0.2, 0) is 19.2 Å². The summed E-state index contributed by atoms with van der Waals surface area (Å²) >= 11 is 0. The molecule has 0 heterocycles. The van der Waals surface area contributed by atoms with Crippen LogP contribution in [0.3, 0.4) is 0 Å². The fourth-order valence-electron chi connectivity index (χ4n) is 2.28. The molecule has 2 rings (SSSR count). The second-order valence-electron chi connectivity index (χ2n) is 7.20. The number of anilines is 2. The first kappa shape index (κ1) is 21.7. The second-order valence-corrected chi connectivity index (χ2v) is 7.20. The maximum absolute atomic E-state index is 12.6. The van der Waals surface area contributed by atoms with Gasteiger partial charge in [0, 0.05) is 34.9 Å². The molecule has 0 atom stereocenters. The van der Waals surface area contributed by atoms with E-state index in [0.717, 1.165) is 18.2 Å². The lowest BCUT2D eigenvalue weighted by molar-refractivity contribution is -0.119. The first-order chi connectivity index (χ1) is 13.6. The van der Waals surface area contributed by atoms with Crippen molar-refractivity contribution in [2.45, 2.75) is 27.7 Å². The number of ketones is 2. The average Bonchev–Trinajstić information content (AvgIpc) is 2.64. The molecule has 0 radical (unpaired) electrons. The molecule has 0 fully saturated rings. The highest BCUT2D eigenvalue weighted by atomic mass is 16.2. The lowest BCUT2D eigenvalue weighted by Gasteiger charge is -2.15. The van der Waals surface area contributed by atoms with E-state index in [9.17, 15) is 24.0 Å². The third-order valence-electron chi connectivity index (χ3n) is 3.98. The lowest BCUT2D eigenvalue weighted by atomic mass is 10.1. The summed E-state index contributed by atoms with van der Waals surface area (Å²) in [5, 5.41) is 7.76. The fourth-order valence-corrected chi connectivity index (χ4v) is 2.28. The predicted octanol–water partition coefficient (Wildman–Crippen LogP) is 2.20. The first-order valence-corrected chi connectivity index (χ1v) is 9.13. The van der Waals surface area contributed by atoms with Crippen LogP contribution in [0.25, 0.3) is 0 Å². The molecule has 0 unspecified atom stereocenters. The van der Waals surface area contributed by atoms with Gasteiger partial charge in [0.2, 0.25) is 17.6 Å². The largest absolute Gasteiger partial charge is 0.326 e. The van der Waals surface area contributed by atoms with Crippen molar-refractivity contribution in [3.63, 3.8) is 0 Å². The van der Waals surface area contributed by atoms with Crippen LogP contribution in [0.1, 0.15) is 38.1 Å². The van der Waals surface area contributed by atoms with Crippen LogP contribution in [0, 0.1) is 11.8 Å². The Bertz CT molecular complexity index is 901. The molecule has 0 bridgehead atoms. The van der Waals surface area contributed by atoms with E-state index >= 15 is 0 Å². The number of amides is 3. The molecule has 1 aromatic carbocycles. The highest BCUT2D eigenvalue weighted by Crippen LogP contribution is 2.21. The molecule has 8 heteroatoms. The van der Waals surface area contributed by atoms with Crippen molar-refractivity contribution in [2.75, 3.05) is 10.6 Å². The van der Waals surface area contributed by atoms with Gasteiger partial charge in [-0.1, -0.05) is 27.7 Å². The number of carbonyl (C=O) groups is 5. The molecule has 0 aliphatic heterocycles. The summed E-state index contributed by atoms with van der Waals surface area (Å²) in [4.78, 5) is 60.0.